The molecular weight excluding hydrogens is 186 g/mol. The van der Waals surface area contributed by atoms with Gasteiger partial charge in [-0.05, 0) is 12.8 Å². The van der Waals surface area contributed by atoms with E-state index in [-0.39, 0.29) is 0 Å². The van der Waals surface area contributed by atoms with Gasteiger partial charge >= 0.3 is 0 Å². The average molecular weight is 199 g/mol. The minimum Gasteiger partial charge on any atom is -0.377 e. The van der Waals surface area contributed by atoms with Crippen LogP contribution in [0.15, 0.2) is 12.3 Å². The van der Waals surface area contributed by atoms with Crippen LogP contribution in [0.1, 0.15) is 12.8 Å². The smallest absolute Gasteiger partial charge is 0.171 e. The normalized spacial score (nSPS) is 15.8. The van der Waals surface area contributed by atoms with Crippen molar-refractivity contribution in [3.63, 3.8) is 0 Å². The van der Waals surface area contributed by atoms with Crippen LogP contribution in [0.3, 0.4) is 0 Å². The average Bonchev–Trinajstić information content (AvgIpc) is 2.89. The van der Waals surface area contributed by atoms with E-state index < -0.39 is 0 Å². The largest absolute Gasteiger partial charge is 0.377 e. The first kappa shape index (κ1) is 8.78. The summed E-state index contributed by atoms with van der Waals surface area (Å²) in [6.07, 6.45) is 4.33. The molecule has 0 aliphatic heterocycles. The van der Waals surface area contributed by atoms with Crippen molar-refractivity contribution in [3.05, 3.63) is 17.4 Å². The van der Waals surface area contributed by atoms with E-state index in [4.69, 9.17) is 11.6 Å². The topological polar surface area (TPSA) is 41.5 Å². The molecule has 3 nitrogen and oxygen atoms in total. The molecule has 1 aromatic rings. The number of nitrogens with two attached hydrogens (primary N) is 1. The maximum absolute atomic E-state index is 5.81. The number of halogens is 1. The van der Waals surface area contributed by atoms with E-state index in [1.807, 2.05) is 18.4 Å². The summed E-state index contributed by atoms with van der Waals surface area (Å²) < 4.78 is 0. The van der Waals surface area contributed by atoms with Crippen molar-refractivity contribution >= 4 is 23.0 Å². The quantitative estimate of drug-likeness (QED) is 0.716. The Bertz CT molecular complexity index is 310. The zero-order chi connectivity index (χ0) is 9.26. The second kappa shape index (κ2) is 3.52. The molecule has 0 unspecified atom stereocenters. The number of anilines is 1. The molecule has 1 aliphatic carbocycles. The first-order valence-corrected chi connectivity index (χ1v) is 4.89. The molecule has 0 saturated heterocycles. The Morgan fingerprint density at radius 3 is 3.00 bits per heavy atom. The van der Waals surface area contributed by atoms with Crippen LogP contribution in [-0.4, -0.2) is 18.1 Å². The Labute approximate surface area is 82.5 Å². The lowest BCUT2D eigenvalue weighted by Crippen LogP contribution is -2.73. The molecule has 1 saturated carbocycles. The van der Waals surface area contributed by atoms with Gasteiger partial charge < -0.3 is 10.6 Å². The van der Waals surface area contributed by atoms with E-state index in [9.17, 15) is 0 Å². The lowest BCUT2D eigenvalue weighted by Gasteiger charge is -2.06. The van der Waals surface area contributed by atoms with Crippen molar-refractivity contribution in [1.29, 1.82) is 0 Å². The number of hydrogen-bond donors (Lipinski definition) is 2. The minimum absolute atomic E-state index is 0.550. The molecule has 0 radical (unpaired) electrons. The minimum atomic E-state index is 0.550. The predicted molar refractivity (Wildman–Crippen MR) is 53.4 cm³/mol. The number of hydrogen-bond acceptors (Lipinski definition) is 2. The zero-order valence-electron chi connectivity index (χ0n) is 7.55. The summed E-state index contributed by atoms with van der Waals surface area (Å²) in [6.45, 7) is 0. The molecule has 1 fully saturated rings. The molecule has 0 amide bonds. The summed E-state index contributed by atoms with van der Waals surface area (Å²) in [5.41, 5.74) is 2.22. The summed E-state index contributed by atoms with van der Waals surface area (Å²) in [5, 5.41) is 6.01. The number of nitrogens with one attached hydrogen (secondary N) is 1. The molecule has 2 rings (SSSR count). The van der Waals surface area contributed by atoms with E-state index in [1.165, 1.54) is 12.8 Å². The first-order chi connectivity index (χ1) is 6.29. The van der Waals surface area contributed by atoms with Gasteiger partial charge in [-0.3, -0.25) is 0 Å². The van der Waals surface area contributed by atoms with Crippen LogP contribution < -0.4 is 10.6 Å². The van der Waals surface area contributed by atoms with Crippen molar-refractivity contribution in [2.75, 3.05) is 12.4 Å². The number of aromatic nitrogens is 1. The van der Waals surface area contributed by atoms with Gasteiger partial charge in [0.15, 0.2) is 5.69 Å². The number of quaternary nitrogens is 1. The number of rotatable bonds is 3. The number of pyridine rings is 1. The third-order valence-electron chi connectivity index (χ3n) is 2.15. The van der Waals surface area contributed by atoms with Gasteiger partial charge in [0.2, 0.25) is 0 Å². The fraction of sp³-hybridized carbons (Fsp3) is 0.444. The second-order valence-electron chi connectivity index (χ2n) is 3.30. The molecule has 1 aromatic heterocycles. The molecule has 3 N–H and O–H groups in total. The molecule has 0 aromatic carbocycles. The second-order valence-corrected chi connectivity index (χ2v) is 3.69. The highest BCUT2D eigenvalue weighted by Gasteiger charge is 2.22. The number of nitrogens with zero attached hydrogens (tertiary/aromatic N) is 1. The summed E-state index contributed by atoms with van der Waals surface area (Å²) in [4.78, 5) is 4.03. The van der Waals surface area contributed by atoms with Crippen molar-refractivity contribution in [1.82, 2.24) is 4.98 Å². The summed E-state index contributed by atoms with van der Waals surface area (Å²) in [6, 6.07) is 2.53. The maximum atomic E-state index is 5.81. The van der Waals surface area contributed by atoms with Crippen LogP contribution in [0.5, 0.6) is 0 Å². The van der Waals surface area contributed by atoms with E-state index in [0.29, 0.717) is 11.2 Å². The molecule has 0 atom stereocenters. The van der Waals surface area contributed by atoms with Gasteiger partial charge in [-0.25, -0.2) is 4.98 Å². The first-order valence-electron chi connectivity index (χ1n) is 4.51. The summed E-state index contributed by atoms with van der Waals surface area (Å²) >= 11 is 5.81. The van der Waals surface area contributed by atoms with Crippen LogP contribution in [-0.2, 0) is 0 Å². The van der Waals surface area contributed by atoms with Crippen molar-refractivity contribution in [2.45, 2.75) is 18.9 Å². The lowest BCUT2D eigenvalue weighted by atomic mass is 10.3. The molecule has 1 aliphatic rings. The Balaban J connectivity index is 2.22. The molecular formula is C9H13ClN3+. The van der Waals surface area contributed by atoms with Gasteiger partial charge in [0.1, 0.15) is 10.8 Å². The van der Waals surface area contributed by atoms with Crippen LogP contribution in [0, 0.1) is 0 Å². The highest BCUT2D eigenvalue weighted by molar-refractivity contribution is 6.29. The summed E-state index contributed by atoms with van der Waals surface area (Å²) in [5.74, 6) is 0. The van der Waals surface area contributed by atoms with Crippen LogP contribution in [0.4, 0.5) is 11.4 Å². The van der Waals surface area contributed by atoms with Crippen LogP contribution in [0.25, 0.3) is 0 Å². The molecule has 70 valence electrons. The standard InChI is InChI=1S/C9H12ClN3/c1-11-8-5-12-9(10)4-7(8)13-6-2-3-6/h4-6,11H,2-3H2,1H3,(H,12,13)/p+1. The fourth-order valence-electron chi connectivity index (χ4n) is 1.24. The van der Waals surface area contributed by atoms with E-state index in [2.05, 4.69) is 10.3 Å². The Kier molecular flexibility index (Phi) is 2.38. The van der Waals surface area contributed by atoms with Gasteiger partial charge in [0, 0.05) is 12.1 Å². The fourth-order valence-corrected chi connectivity index (χ4v) is 1.40. The van der Waals surface area contributed by atoms with Gasteiger partial charge in [0.05, 0.1) is 13.2 Å². The predicted octanol–water partition coefficient (Wildman–Crippen LogP) is 1.13. The monoisotopic (exact) mass is 198 g/mol. The van der Waals surface area contributed by atoms with Crippen LogP contribution >= 0.6 is 11.6 Å². The van der Waals surface area contributed by atoms with Crippen molar-refractivity contribution in [2.24, 2.45) is 0 Å². The maximum Gasteiger partial charge on any atom is 0.171 e. The highest BCUT2D eigenvalue weighted by Crippen LogP contribution is 2.28. The Morgan fingerprint density at radius 1 is 1.62 bits per heavy atom. The summed E-state index contributed by atoms with van der Waals surface area (Å²) in [7, 11) is 2.00. The van der Waals surface area contributed by atoms with Gasteiger partial charge in [-0.15, -0.1) is 0 Å². The van der Waals surface area contributed by atoms with Gasteiger partial charge in [0.25, 0.3) is 0 Å². The van der Waals surface area contributed by atoms with Crippen molar-refractivity contribution in [3.8, 4) is 0 Å². The van der Waals surface area contributed by atoms with E-state index in [1.54, 1.807) is 6.20 Å². The third-order valence-corrected chi connectivity index (χ3v) is 2.36. The van der Waals surface area contributed by atoms with Crippen molar-refractivity contribution < 1.29 is 5.32 Å². The molecule has 0 bridgehead atoms. The SMILES string of the molecule is C[NH2+]c1cnc(Cl)cc1NC1CC1. The third kappa shape index (κ3) is 2.11. The Hall–Kier alpha value is -0.800. The molecule has 0 spiro atoms. The zero-order valence-corrected chi connectivity index (χ0v) is 8.30. The van der Waals surface area contributed by atoms with Gasteiger partial charge in [-0.1, -0.05) is 11.6 Å². The van der Waals surface area contributed by atoms with E-state index >= 15 is 0 Å². The van der Waals surface area contributed by atoms with Crippen LogP contribution in [0.2, 0.25) is 5.15 Å². The Morgan fingerprint density at radius 2 is 2.38 bits per heavy atom. The molecule has 13 heavy (non-hydrogen) atoms. The van der Waals surface area contributed by atoms with E-state index in [0.717, 1.165) is 11.4 Å². The highest BCUT2D eigenvalue weighted by atomic mass is 35.5. The lowest BCUT2D eigenvalue weighted by molar-refractivity contribution is -0.538. The molecule has 1 heterocycles. The molecule has 4 heteroatoms. The van der Waals surface area contributed by atoms with Gasteiger partial charge in [-0.2, -0.15) is 0 Å².